The third-order valence-corrected chi connectivity index (χ3v) is 8.40. The van der Waals surface area contributed by atoms with Crippen molar-refractivity contribution in [1.29, 1.82) is 0 Å². The number of carbonyl (C=O) groups is 3. The van der Waals surface area contributed by atoms with Crippen molar-refractivity contribution in [2.24, 2.45) is 29.4 Å². The minimum atomic E-state index is -0.918. The molecule has 45 heavy (non-hydrogen) atoms. The third kappa shape index (κ3) is 13.8. The van der Waals surface area contributed by atoms with Crippen LogP contribution in [0, 0.1) is 23.7 Å². The van der Waals surface area contributed by atoms with Gasteiger partial charge in [0.1, 0.15) is 5.75 Å². The molecule has 2 rings (SSSR count). The predicted molar refractivity (Wildman–Crippen MR) is 178 cm³/mol. The van der Waals surface area contributed by atoms with Gasteiger partial charge in [-0.3, -0.25) is 14.4 Å². The number of morpholine rings is 1. The van der Waals surface area contributed by atoms with Crippen LogP contribution in [0.5, 0.6) is 5.75 Å². The number of hydrogen-bond donors (Lipinski definition) is 3. The Labute approximate surface area is 275 Å². The largest absolute Gasteiger partial charge is 0.493 e. The lowest BCUT2D eigenvalue weighted by Crippen LogP contribution is -2.48. The van der Waals surface area contributed by atoms with Gasteiger partial charge in [-0.15, -0.1) is 12.4 Å². The van der Waals surface area contributed by atoms with Crippen LogP contribution >= 0.6 is 12.4 Å². The summed E-state index contributed by atoms with van der Waals surface area (Å²) >= 11 is 0. The second-order valence-electron chi connectivity index (χ2n) is 12.5. The Bertz CT molecular complexity index is 1020. The first-order valence-electron chi connectivity index (χ1n) is 16.0. The van der Waals surface area contributed by atoms with E-state index in [4.69, 9.17) is 19.9 Å². The standard InChI is InChI=1S/C33H56N4O7.ClH/c1-23(2)25(21-35-32(40)26-11-7-8-12-30(26)44-16-10-9-15-42-6)19-28(34)29(38)20-27(24(3)4)33(41)36(5)22-31(39)37-13-17-43-18-14-37;/h7-8,11-12,23-25,27-29,38H,9-10,13-22,34H2,1-6H3,(H,35,40);1H. The van der Waals surface area contributed by atoms with Gasteiger partial charge in [-0.05, 0) is 55.6 Å². The number of carbonyl (C=O) groups excluding carboxylic acids is 3. The fourth-order valence-electron chi connectivity index (χ4n) is 5.30. The highest BCUT2D eigenvalue weighted by atomic mass is 35.5. The maximum atomic E-state index is 13.4. The number of likely N-dealkylation sites (N-methyl/N-ethyl adjacent to an activating group) is 1. The second kappa shape index (κ2) is 21.4. The molecule has 1 aromatic rings. The maximum absolute atomic E-state index is 13.4. The molecule has 1 aliphatic rings. The van der Waals surface area contributed by atoms with Crippen LogP contribution in [0.15, 0.2) is 24.3 Å². The van der Waals surface area contributed by atoms with Gasteiger partial charge in [0.15, 0.2) is 0 Å². The lowest BCUT2D eigenvalue weighted by Gasteiger charge is -2.32. The molecule has 12 heteroatoms. The van der Waals surface area contributed by atoms with Crippen LogP contribution in [0.2, 0.25) is 0 Å². The minimum absolute atomic E-state index is 0. The molecule has 0 bridgehead atoms. The van der Waals surface area contributed by atoms with Crippen LogP contribution in [0.4, 0.5) is 0 Å². The number of nitrogens with zero attached hydrogens (tertiary/aromatic N) is 2. The van der Waals surface area contributed by atoms with E-state index in [-0.39, 0.29) is 60.8 Å². The third-order valence-electron chi connectivity index (χ3n) is 8.40. The smallest absolute Gasteiger partial charge is 0.255 e. The minimum Gasteiger partial charge on any atom is -0.493 e. The van der Waals surface area contributed by atoms with E-state index in [1.54, 1.807) is 37.3 Å². The molecule has 4 unspecified atom stereocenters. The van der Waals surface area contributed by atoms with E-state index in [1.807, 2.05) is 19.9 Å². The Kier molecular flexibility index (Phi) is 19.3. The summed E-state index contributed by atoms with van der Waals surface area (Å²) in [5, 5.41) is 14.1. The van der Waals surface area contributed by atoms with E-state index in [1.165, 1.54) is 4.90 Å². The highest BCUT2D eigenvalue weighted by molar-refractivity contribution is 5.96. The normalized spacial score (nSPS) is 16.0. The Balaban J connectivity index is 0.0000101. The van der Waals surface area contributed by atoms with Crippen LogP contribution in [-0.2, 0) is 19.1 Å². The average molecular weight is 657 g/mol. The molecule has 0 radical (unpaired) electrons. The van der Waals surface area contributed by atoms with E-state index >= 15 is 0 Å². The molecule has 258 valence electrons. The molecule has 1 aliphatic heterocycles. The van der Waals surface area contributed by atoms with Gasteiger partial charge in [-0.1, -0.05) is 39.8 Å². The number of aliphatic hydroxyl groups is 1. The number of nitrogens with one attached hydrogen (secondary N) is 1. The van der Waals surface area contributed by atoms with Gasteiger partial charge in [-0.25, -0.2) is 0 Å². The fourth-order valence-corrected chi connectivity index (χ4v) is 5.30. The van der Waals surface area contributed by atoms with Crippen molar-refractivity contribution in [1.82, 2.24) is 15.1 Å². The van der Waals surface area contributed by atoms with Crippen molar-refractivity contribution in [2.75, 3.05) is 66.8 Å². The zero-order valence-electron chi connectivity index (χ0n) is 28.0. The van der Waals surface area contributed by atoms with Crippen LogP contribution < -0.4 is 15.8 Å². The first-order chi connectivity index (χ1) is 21.0. The fraction of sp³-hybridized carbons (Fsp3) is 0.727. The summed E-state index contributed by atoms with van der Waals surface area (Å²) in [4.78, 5) is 42.3. The Morgan fingerprint density at radius 3 is 2.31 bits per heavy atom. The number of ether oxygens (including phenoxy) is 3. The maximum Gasteiger partial charge on any atom is 0.255 e. The number of benzene rings is 1. The summed E-state index contributed by atoms with van der Waals surface area (Å²) in [6, 6.07) is 6.60. The van der Waals surface area contributed by atoms with Gasteiger partial charge in [0, 0.05) is 52.4 Å². The molecule has 0 spiro atoms. The highest BCUT2D eigenvalue weighted by Gasteiger charge is 2.32. The number of aliphatic hydroxyl groups excluding tert-OH is 1. The molecule has 0 aliphatic carbocycles. The monoisotopic (exact) mass is 656 g/mol. The van der Waals surface area contributed by atoms with Gasteiger partial charge < -0.3 is 40.2 Å². The summed E-state index contributed by atoms with van der Waals surface area (Å²) < 4.78 is 16.3. The summed E-state index contributed by atoms with van der Waals surface area (Å²) in [5.74, 6) is -0.306. The number of rotatable bonds is 19. The molecule has 3 amide bonds. The quantitative estimate of drug-likeness (QED) is 0.193. The van der Waals surface area contributed by atoms with Crippen molar-refractivity contribution in [3.8, 4) is 5.75 Å². The van der Waals surface area contributed by atoms with Crippen LogP contribution in [0.25, 0.3) is 0 Å². The van der Waals surface area contributed by atoms with Gasteiger partial charge in [-0.2, -0.15) is 0 Å². The molecule has 4 N–H and O–H groups in total. The lowest BCUT2D eigenvalue weighted by molar-refractivity contribution is -0.145. The van der Waals surface area contributed by atoms with E-state index in [0.717, 1.165) is 12.8 Å². The summed E-state index contributed by atoms with van der Waals surface area (Å²) in [5.41, 5.74) is 6.97. The van der Waals surface area contributed by atoms with Gasteiger partial charge in [0.25, 0.3) is 5.91 Å². The number of amides is 3. The summed E-state index contributed by atoms with van der Waals surface area (Å²) in [7, 11) is 3.30. The zero-order valence-corrected chi connectivity index (χ0v) is 28.9. The SMILES string of the molecule is COCCCCOc1ccccc1C(=O)NCC(CC(N)C(O)CC(C(=O)N(C)CC(=O)N1CCOCC1)C(C)C)C(C)C.Cl. The Morgan fingerprint density at radius 2 is 1.69 bits per heavy atom. The molecule has 0 aromatic heterocycles. The molecular weight excluding hydrogens is 600 g/mol. The molecule has 1 fully saturated rings. The molecule has 11 nitrogen and oxygen atoms in total. The van der Waals surface area contributed by atoms with E-state index in [2.05, 4.69) is 19.2 Å². The van der Waals surface area contributed by atoms with Crippen molar-refractivity contribution >= 4 is 30.1 Å². The van der Waals surface area contributed by atoms with Gasteiger partial charge in [0.2, 0.25) is 11.8 Å². The molecule has 1 heterocycles. The van der Waals surface area contributed by atoms with Gasteiger partial charge >= 0.3 is 0 Å². The van der Waals surface area contributed by atoms with Crippen molar-refractivity contribution < 1.29 is 33.7 Å². The summed E-state index contributed by atoms with van der Waals surface area (Å²) in [6.07, 6.45) is 1.45. The van der Waals surface area contributed by atoms with E-state index < -0.39 is 18.1 Å². The van der Waals surface area contributed by atoms with Gasteiger partial charge in [0.05, 0.1) is 38.0 Å². The topological polar surface area (TPSA) is 144 Å². The van der Waals surface area contributed by atoms with Crippen molar-refractivity contribution in [3.63, 3.8) is 0 Å². The van der Waals surface area contributed by atoms with Crippen molar-refractivity contribution in [3.05, 3.63) is 29.8 Å². The van der Waals surface area contributed by atoms with E-state index in [0.29, 0.717) is 63.8 Å². The average Bonchev–Trinajstić information content (AvgIpc) is 3.01. The first-order valence-corrected chi connectivity index (χ1v) is 16.0. The number of methoxy groups -OCH3 is 1. The zero-order chi connectivity index (χ0) is 32.6. The second-order valence-corrected chi connectivity index (χ2v) is 12.5. The number of unbranched alkanes of at least 4 members (excludes halogenated alkanes) is 1. The number of hydrogen-bond acceptors (Lipinski definition) is 8. The number of para-hydroxylation sites is 1. The van der Waals surface area contributed by atoms with Crippen molar-refractivity contribution in [2.45, 2.75) is 65.5 Å². The Morgan fingerprint density at radius 1 is 1.04 bits per heavy atom. The van der Waals surface area contributed by atoms with Crippen LogP contribution in [-0.4, -0.2) is 112 Å². The number of nitrogens with two attached hydrogens (primary N) is 1. The van der Waals surface area contributed by atoms with Crippen LogP contribution in [0.3, 0.4) is 0 Å². The summed E-state index contributed by atoms with van der Waals surface area (Å²) in [6.45, 7) is 11.6. The molecule has 1 aromatic carbocycles. The first kappa shape index (κ1) is 40.6. The molecular formula is C33H57ClN4O7. The van der Waals surface area contributed by atoms with E-state index in [9.17, 15) is 19.5 Å². The Hall–Kier alpha value is -2.44. The molecule has 1 saturated heterocycles. The lowest BCUT2D eigenvalue weighted by atomic mass is 9.83. The number of halogens is 1. The highest BCUT2D eigenvalue weighted by Crippen LogP contribution is 2.25. The predicted octanol–water partition coefficient (Wildman–Crippen LogP) is 2.97. The molecule has 0 saturated carbocycles. The molecule has 4 atom stereocenters. The van der Waals surface area contributed by atoms with Crippen LogP contribution in [0.1, 0.15) is 63.7 Å².